The third-order valence-corrected chi connectivity index (χ3v) is 2.55. The molecule has 14 heavy (non-hydrogen) atoms. The van der Waals surface area contributed by atoms with E-state index < -0.39 is 12.2 Å². The summed E-state index contributed by atoms with van der Waals surface area (Å²) < 4.78 is 13.1. The molecule has 0 spiro atoms. The van der Waals surface area contributed by atoms with Gasteiger partial charge in [-0.2, -0.15) is 12.6 Å². The van der Waals surface area contributed by atoms with Gasteiger partial charge in [-0.3, -0.25) is 0 Å². The third kappa shape index (κ3) is 2.26. The van der Waals surface area contributed by atoms with Crippen LogP contribution in [-0.2, 0) is 0 Å². The molecule has 0 saturated carbocycles. The number of aliphatic hydroxyl groups is 2. The Morgan fingerprint density at radius 3 is 2.64 bits per heavy atom. The van der Waals surface area contributed by atoms with Gasteiger partial charge >= 0.3 is 0 Å². The predicted octanol–water partition coefficient (Wildman–Crippen LogP) is 1.46. The zero-order valence-corrected chi connectivity index (χ0v) is 8.71. The lowest BCUT2D eigenvalue weighted by Crippen LogP contribution is -2.20. The first-order valence-electron chi connectivity index (χ1n) is 4.30. The Bertz CT molecular complexity index is 317. The van der Waals surface area contributed by atoms with Crippen molar-refractivity contribution >= 4 is 12.6 Å². The molecule has 0 bridgehead atoms. The van der Waals surface area contributed by atoms with E-state index in [1.54, 1.807) is 13.0 Å². The normalized spacial score (nSPS) is 15.2. The van der Waals surface area contributed by atoms with Crippen LogP contribution in [0.2, 0.25) is 0 Å². The molecule has 0 radical (unpaired) electrons. The molecule has 0 aromatic heterocycles. The standard InChI is InChI=1S/C10H13FO2S/c1-6-7(3-2-4-8(6)11)10(13)9(12)5-14/h2-4,9-10,12-14H,5H2,1H3. The summed E-state index contributed by atoms with van der Waals surface area (Å²) in [5.74, 6) is -0.246. The molecule has 1 aromatic rings. The van der Waals surface area contributed by atoms with Crippen LogP contribution in [0.15, 0.2) is 18.2 Å². The topological polar surface area (TPSA) is 40.5 Å². The first-order chi connectivity index (χ1) is 6.57. The summed E-state index contributed by atoms with van der Waals surface area (Å²) in [6.45, 7) is 1.57. The van der Waals surface area contributed by atoms with Gasteiger partial charge in [0.05, 0.1) is 6.10 Å². The fraction of sp³-hybridized carbons (Fsp3) is 0.400. The highest BCUT2D eigenvalue weighted by Crippen LogP contribution is 2.22. The SMILES string of the molecule is Cc1c(F)cccc1C(O)C(O)CS. The fourth-order valence-electron chi connectivity index (χ4n) is 1.25. The number of rotatable bonds is 3. The van der Waals surface area contributed by atoms with Crippen molar-refractivity contribution in [2.75, 3.05) is 5.75 Å². The lowest BCUT2D eigenvalue weighted by molar-refractivity contribution is 0.0331. The molecule has 0 heterocycles. The third-order valence-electron chi connectivity index (χ3n) is 2.18. The maximum atomic E-state index is 13.1. The van der Waals surface area contributed by atoms with Crippen LogP contribution in [0.25, 0.3) is 0 Å². The average Bonchev–Trinajstić information content (AvgIpc) is 2.20. The molecule has 0 fully saturated rings. The number of thiol groups is 1. The van der Waals surface area contributed by atoms with Crippen LogP contribution in [-0.4, -0.2) is 22.1 Å². The van der Waals surface area contributed by atoms with Gasteiger partial charge in [0.25, 0.3) is 0 Å². The molecule has 2 N–H and O–H groups in total. The van der Waals surface area contributed by atoms with Gasteiger partial charge in [-0.05, 0) is 24.1 Å². The van der Waals surface area contributed by atoms with Crippen molar-refractivity contribution in [3.8, 4) is 0 Å². The van der Waals surface area contributed by atoms with Gasteiger partial charge in [-0.25, -0.2) is 4.39 Å². The van der Waals surface area contributed by atoms with Gasteiger partial charge in [0.15, 0.2) is 0 Å². The highest BCUT2D eigenvalue weighted by molar-refractivity contribution is 7.80. The van der Waals surface area contributed by atoms with Crippen LogP contribution in [0, 0.1) is 12.7 Å². The van der Waals surface area contributed by atoms with E-state index in [1.165, 1.54) is 12.1 Å². The lowest BCUT2D eigenvalue weighted by Gasteiger charge is -2.18. The zero-order valence-electron chi connectivity index (χ0n) is 7.81. The summed E-state index contributed by atoms with van der Waals surface area (Å²) in [6.07, 6.45) is -2.05. The smallest absolute Gasteiger partial charge is 0.126 e. The Kier molecular flexibility index (Phi) is 3.92. The number of hydrogen-bond acceptors (Lipinski definition) is 3. The molecule has 2 nitrogen and oxygen atoms in total. The minimum absolute atomic E-state index is 0.136. The first-order valence-corrected chi connectivity index (χ1v) is 4.93. The predicted molar refractivity (Wildman–Crippen MR) is 56.0 cm³/mol. The van der Waals surface area contributed by atoms with Gasteiger partial charge < -0.3 is 10.2 Å². The van der Waals surface area contributed by atoms with Crippen LogP contribution in [0.3, 0.4) is 0 Å². The van der Waals surface area contributed by atoms with Crippen molar-refractivity contribution < 1.29 is 14.6 Å². The van der Waals surface area contributed by atoms with Crippen LogP contribution >= 0.6 is 12.6 Å². The van der Waals surface area contributed by atoms with E-state index in [9.17, 15) is 14.6 Å². The van der Waals surface area contributed by atoms with E-state index in [4.69, 9.17) is 0 Å². The van der Waals surface area contributed by atoms with E-state index in [2.05, 4.69) is 12.6 Å². The monoisotopic (exact) mass is 216 g/mol. The van der Waals surface area contributed by atoms with Crippen molar-refractivity contribution in [3.63, 3.8) is 0 Å². The van der Waals surface area contributed by atoms with Crippen molar-refractivity contribution in [1.82, 2.24) is 0 Å². The van der Waals surface area contributed by atoms with Gasteiger partial charge in [-0.15, -0.1) is 0 Å². The molecular formula is C10H13FO2S. The second-order valence-electron chi connectivity index (χ2n) is 3.15. The van der Waals surface area contributed by atoms with Gasteiger partial charge in [0.1, 0.15) is 11.9 Å². The molecule has 0 aliphatic carbocycles. The number of benzene rings is 1. The molecule has 1 aromatic carbocycles. The molecule has 2 unspecified atom stereocenters. The number of hydrogen-bond donors (Lipinski definition) is 3. The Labute approximate surface area is 87.8 Å². The molecule has 0 amide bonds. The molecule has 78 valence electrons. The van der Waals surface area contributed by atoms with Crippen LogP contribution < -0.4 is 0 Å². The molecule has 0 aliphatic heterocycles. The molecule has 0 aliphatic rings. The first kappa shape index (κ1) is 11.5. The molecule has 1 rings (SSSR count). The van der Waals surface area contributed by atoms with E-state index in [0.717, 1.165) is 0 Å². The molecule has 0 saturated heterocycles. The molecule has 2 atom stereocenters. The van der Waals surface area contributed by atoms with Crippen LogP contribution in [0.1, 0.15) is 17.2 Å². The highest BCUT2D eigenvalue weighted by Gasteiger charge is 2.19. The molecule has 4 heteroatoms. The Morgan fingerprint density at radius 1 is 1.43 bits per heavy atom. The second-order valence-corrected chi connectivity index (χ2v) is 3.51. The minimum atomic E-state index is -1.08. The summed E-state index contributed by atoms with van der Waals surface area (Å²) in [6, 6.07) is 4.42. The second kappa shape index (κ2) is 4.77. The summed E-state index contributed by atoms with van der Waals surface area (Å²) in [7, 11) is 0. The largest absolute Gasteiger partial charge is 0.389 e. The van der Waals surface area contributed by atoms with Crippen LogP contribution in [0.4, 0.5) is 4.39 Å². The van der Waals surface area contributed by atoms with Gasteiger partial charge in [-0.1, -0.05) is 12.1 Å². The zero-order chi connectivity index (χ0) is 10.7. The van der Waals surface area contributed by atoms with Crippen molar-refractivity contribution in [2.24, 2.45) is 0 Å². The van der Waals surface area contributed by atoms with E-state index >= 15 is 0 Å². The Morgan fingerprint density at radius 2 is 2.07 bits per heavy atom. The lowest BCUT2D eigenvalue weighted by atomic mass is 10.00. The summed E-state index contributed by atoms with van der Waals surface area (Å²) in [5, 5.41) is 19.0. The fourth-order valence-corrected chi connectivity index (χ4v) is 1.45. The van der Waals surface area contributed by atoms with Gasteiger partial charge in [0, 0.05) is 5.75 Å². The minimum Gasteiger partial charge on any atom is -0.389 e. The van der Waals surface area contributed by atoms with Gasteiger partial charge in [0.2, 0.25) is 0 Å². The van der Waals surface area contributed by atoms with Crippen LogP contribution in [0.5, 0.6) is 0 Å². The quantitative estimate of drug-likeness (QED) is 0.669. The van der Waals surface area contributed by atoms with Crippen molar-refractivity contribution in [2.45, 2.75) is 19.1 Å². The highest BCUT2D eigenvalue weighted by atomic mass is 32.1. The Balaban J connectivity index is 3.01. The molecular weight excluding hydrogens is 203 g/mol. The summed E-state index contributed by atoms with van der Waals surface area (Å²) in [5.41, 5.74) is 0.771. The summed E-state index contributed by atoms with van der Waals surface area (Å²) in [4.78, 5) is 0. The van der Waals surface area contributed by atoms with E-state index in [0.29, 0.717) is 11.1 Å². The van der Waals surface area contributed by atoms with Crippen molar-refractivity contribution in [3.05, 3.63) is 35.1 Å². The van der Waals surface area contributed by atoms with E-state index in [1.807, 2.05) is 0 Å². The summed E-state index contributed by atoms with van der Waals surface area (Å²) >= 11 is 3.86. The maximum absolute atomic E-state index is 13.1. The van der Waals surface area contributed by atoms with Crippen molar-refractivity contribution in [1.29, 1.82) is 0 Å². The average molecular weight is 216 g/mol. The Hall–Kier alpha value is -0.580. The van der Waals surface area contributed by atoms with E-state index in [-0.39, 0.29) is 11.6 Å². The maximum Gasteiger partial charge on any atom is 0.126 e. The number of halogens is 1. The number of aliphatic hydroxyl groups excluding tert-OH is 2.